The monoisotopic (exact) mass is 250 g/mol. The lowest BCUT2D eigenvalue weighted by atomic mass is 10.3. The van der Waals surface area contributed by atoms with Gasteiger partial charge in [-0.05, 0) is 12.8 Å². The van der Waals surface area contributed by atoms with Gasteiger partial charge in [-0.3, -0.25) is 9.59 Å². The molecule has 0 aromatic heterocycles. The molecule has 0 heterocycles. The molecule has 0 fully saturated rings. The molecule has 0 N–H and O–H groups in total. The van der Waals surface area contributed by atoms with Crippen molar-refractivity contribution < 1.29 is 19.1 Å². The molecule has 0 amide bonds. The number of hydrogen-bond acceptors (Lipinski definition) is 4. The first-order valence-electron chi connectivity index (χ1n) is 4.93. The van der Waals surface area contributed by atoms with Crippen LogP contribution in [0.5, 0.6) is 0 Å². The molecule has 0 rings (SSSR count). The molecule has 0 aromatic carbocycles. The molecule has 4 heteroatoms. The van der Waals surface area contributed by atoms with Crippen LogP contribution in [0.1, 0.15) is 62.3 Å². The molecule has 0 radical (unpaired) electrons. The first-order chi connectivity index (χ1) is 6.60. The summed E-state index contributed by atoms with van der Waals surface area (Å²) in [6.45, 7) is 5.28. The summed E-state index contributed by atoms with van der Waals surface area (Å²) in [6, 6.07) is 0. The van der Waals surface area contributed by atoms with E-state index in [1.807, 2.05) is 13.8 Å². The van der Waals surface area contributed by atoms with E-state index in [-0.39, 0.29) is 46.9 Å². The van der Waals surface area contributed by atoms with Crippen LogP contribution < -0.4 is 0 Å². The van der Waals surface area contributed by atoms with E-state index in [1.165, 1.54) is 6.92 Å². The fraction of sp³-hybridized carbons (Fsp3) is 0.846. The second-order valence-electron chi connectivity index (χ2n) is 3.07. The van der Waals surface area contributed by atoms with Crippen LogP contribution in [-0.4, -0.2) is 24.6 Å². The highest BCUT2D eigenvalue weighted by Gasteiger charge is 2.12. The minimum atomic E-state index is -0.352. The van der Waals surface area contributed by atoms with Gasteiger partial charge >= 0.3 is 11.9 Å². The van der Waals surface area contributed by atoms with Crippen molar-refractivity contribution in [2.75, 3.05) is 6.61 Å². The van der Waals surface area contributed by atoms with Crippen LogP contribution in [0.2, 0.25) is 0 Å². The number of carbonyl (C=O) groups excluding carboxylic acids is 2. The van der Waals surface area contributed by atoms with Crippen LogP contribution in [0, 0.1) is 0 Å². The maximum absolute atomic E-state index is 11.1. The molecule has 0 aliphatic rings. The van der Waals surface area contributed by atoms with Crippen LogP contribution in [0.4, 0.5) is 0 Å². The minimum absolute atomic E-state index is 0. The van der Waals surface area contributed by atoms with Crippen LogP contribution >= 0.6 is 0 Å². The van der Waals surface area contributed by atoms with E-state index in [9.17, 15) is 9.59 Å². The van der Waals surface area contributed by atoms with Gasteiger partial charge in [0.25, 0.3) is 0 Å². The average Bonchev–Trinajstić information content (AvgIpc) is 2.12. The largest absolute Gasteiger partial charge is 0.462 e. The highest BCUT2D eigenvalue weighted by Crippen LogP contribution is 2.02. The Labute approximate surface area is 107 Å². The third-order valence-corrected chi connectivity index (χ3v) is 1.68. The Hall–Kier alpha value is -1.06. The standard InChI is InChI=1S/C10H18O4.3CH4/c1-4-6-10(12)14-9(5-2)7-13-8(3)11;;;/h9H,4-7H2,1-3H3;3*1H4. The highest BCUT2D eigenvalue weighted by atomic mass is 16.6. The van der Waals surface area contributed by atoms with E-state index in [1.54, 1.807) is 0 Å². The lowest BCUT2D eigenvalue weighted by Crippen LogP contribution is -2.23. The molecule has 0 aromatic rings. The Morgan fingerprint density at radius 2 is 1.65 bits per heavy atom. The maximum Gasteiger partial charge on any atom is 0.306 e. The average molecular weight is 250 g/mol. The first-order valence-corrected chi connectivity index (χ1v) is 4.93. The lowest BCUT2D eigenvalue weighted by molar-refractivity contribution is -0.158. The fourth-order valence-corrected chi connectivity index (χ4v) is 0.894. The maximum atomic E-state index is 11.1. The molecule has 4 nitrogen and oxygen atoms in total. The van der Waals surface area contributed by atoms with E-state index < -0.39 is 0 Å². The minimum Gasteiger partial charge on any atom is -0.462 e. The predicted octanol–water partition coefficient (Wildman–Crippen LogP) is 3.58. The van der Waals surface area contributed by atoms with Crippen molar-refractivity contribution in [3.63, 3.8) is 0 Å². The number of ether oxygens (including phenoxy) is 2. The quantitative estimate of drug-likeness (QED) is 0.676. The van der Waals surface area contributed by atoms with Crippen molar-refractivity contribution >= 4 is 11.9 Å². The van der Waals surface area contributed by atoms with Gasteiger partial charge in [0.15, 0.2) is 0 Å². The number of carbonyl (C=O) groups is 2. The molecule has 0 spiro atoms. The summed E-state index contributed by atoms with van der Waals surface area (Å²) in [6.07, 6.45) is 1.53. The zero-order valence-electron chi connectivity index (χ0n) is 9.04. The Morgan fingerprint density at radius 3 is 2.00 bits per heavy atom. The summed E-state index contributed by atoms with van der Waals surface area (Å²) in [5.74, 6) is -0.582. The Kier molecular flexibility index (Phi) is 21.9. The van der Waals surface area contributed by atoms with Crippen molar-refractivity contribution in [2.24, 2.45) is 0 Å². The molecule has 17 heavy (non-hydrogen) atoms. The van der Waals surface area contributed by atoms with Gasteiger partial charge in [-0.1, -0.05) is 36.1 Å². The van der Waals surface area contributed by atoms with Gasteiger partial charge in [-0.2, -0.15) is 0 Å². The second-order valence-corrected chi connectivity index (χ2v) is 3.07. The third-order valence-electron chi connectivity index (χ3n) is 1.68. The normalized spacial score (nSPS) is 9.82. The van der Waals surface area contributed by atoms with Crippen LogP contribution in [0.15, 0.2) is 0 Å². The fourth-order valence-electron chi connectivity index (χ4n) is 0.894. The zero-order valence-corrected chi connectivity index (χ0v) is 9.04. The van der Waals surface area contributed by atoms with E-state index in [2.05, 4.69) is 0 Å². The molecule has 0 aliphatic carbocycles. The van der Waals surface area contributed by atoms with Gasteiger partial charge < -0.3 is 9.47 Å². The highest BCUT2D eigenvalue weighted by molar-refractivity contribution is 5.69. The predicted molar refractivity (Wildman–Crippen MR) is 71.9 cm³/mol. The summed E-state index contributed by atoms with van der Waals surface area (Å²) in [7, 11) is 0. The second kappa shape index (κ2) is 14.9. The van der Waals surface area contributed by atoms with Crippen molar-refractivity contribution in [1.82, 2.24) is 0 Å². The van der Waals surface area contributed by atoms with Gasteiger partial charge in [-0.25, -0.2) is 0 Å². The summed E-state index contributed by atoms with van der Waals surface area (Å²) in [5, 5.41) is 0. The first kappa shape index (κ1) is 25.0. The number of esters is 2. The van der Waals surface area contributed by atoms with Gasteiger partial charge in [-0.15, -0.1) is 0 Å². The van der Waals surface area contributed by atoms with E-state index in [0.29, 0.717) is 12.8 Å². The Bertz CT molecular complexity index is 190. The van der Waals surface area contributed by atoms with E-state index in [0.717, 1.165) is 6.42 Å². The zero-order chi connectivity index (χ0) is 11.0. The van der Waals surface area contributed by atoms with Gasteiger partial charge in [0.1, 0.15) is 12.7 Å². The van der Waals surface area contributed by atoms with Crippen molar-refractivity contribution in [1.29, 1.82) is 0 Å². The van der Waals surface area contributed by atoms with Crippen LogP contribution in [-0.2, 0) is 19.1 Å². The molecule has 1 unspecified atom stereocenters. The number of rotatable bonds is 6. The number of hydrogen-bond donors (Lipinski definition) is 0. The summed E-state index contributed by atoms with van der Waals surface area (Å²) >= 11 is 0. The Balaban J connectivity index is -0.000000282. The summed E-state index contributed by atoms with van der Waals surface area (Å²) in [4.78, 5) is 21.6. The SMILES string of the molecule is C.C.C.CCCC(=O)OC(CC)COC(C)=O. The van der Waals surface area contributed by atoms with Gasteiger partial charge in [0, 0.05) is 13.3 Å². The lowest BCUT2D eigenvalue weighted by Gasteiger charge is -2.15. The van der Waals surface area contributed by atoms with Gasteiger partial charge in [0.05, 0.1) is 0 Å². The van der Waals surface area contributed by atoms with Crippen molar-refractivity contribution in [3.8, 4) is 0 Å². The summed E-state index contributed by atoms with van der Waals surface area (Å²) < 4.78 is 9.83. The van der Waals surface area contributed by atoms with E-state index >= 15 is 0 Å². The van der Waals surface area contributed by atoms with Crippen LogP contribution in [0.3, 0.4) is 0 Å². The molecule has 1 atom stereocenters. The Morgan fingerprint density at radius 1 is 1.12 bits per heavy atom. The molecule has 0 saturated heterocycles. The smallest absolute Gasteiger partial charge is 0.306 e. The third kappa shape index (κ3) is 14.9. The summed E-state index contributed by atoms with van der Waals surface area (Å²) in [5.41, 5.74) is 0. The molecule has 106 valence electrons. The molecular formula is C13H30O4. The van der Waals surface area contributed by atoms with Crippen LogP contribution in [0.25, 0.3) is 0 Å². The molecule has 0 bridgehead atoms. The molecule has 0 aliphatic heterocycles. The topological polar surface area (TPSA) is 52.6 Å². The van der Waals surface area contributed by atoms with E-state index in [4.69, 9.17) is 9.47 Å². The molecular weight excluding hydrogens is 220 g/mol. The van der Waals surface area contributed by atoms with Crippen molar-refractivity contribution in [2.45, 2.75) is 68.4 Å². The van der Waals surface area contributed by atoms with Gasteiger partial charge in [0.2, 0.25) is 0 Å². The van der Waals surface area contributed by atoms with Crippen molar-refractivity contribution in [3.05, 3.63) is 0 Å². The molecule has 0 saturated carbocycles.